The molecule has 0 bridgehead atoms. The lowest BCUT2D eigenvalue weighted by Crippen LogP contribution is -2.10. The zero-order chi connectivity index (χ0) is 14.8. The van der Waals surface area contributed by atoms with Gasteiger partial charge in [0.1, 0.15) is 11.6 Å². The first-order valence-corrected chi connectivity index (χ1v) is 7.47. The molecule has 4 nitrogen and oxygen atoms in total. The van der Waals surface area contributed by atoms with E-state index in [0.717, 1.165) is 18.2 Å². The highest BCUT2D eigenvalue weighted by Gasteiger charge is 2.26. The van der Waals surface area contributed by atoms with Crippen LogP contribution in [0.15, 0.2) is 30.5 Å². The molecule has 110 valence electrons. The SMILES string of the molecule is Cc1cc(N(C)C)ccc1CNc1ccnc(C2CC2)n1. The van der Waals surface area contributed by atoms with E-state index in [1.165, 1.54) is 29.7 Å². The maximum atomic E-state index is 4.59. The van der Waals surface area contributed by atoms with Crippen LogP contribution in [0.1, 0.15) is 35.7 Å². The summed E-state index contributed by atoms with van der Waals surface area (Å²) >= 11 is 0. The van der Waals surface area contributed by atoms with Crippen LogP contribution in [-0.4, -0.2) is 24.1 Å². The van der Waals surface area contributed by atoms with E-state index in [-0.39, 0.29) is 0 Å². The fourth-order valence-corrected chi connectivity index (χ4v) is 2.35. The van der Waals surface area contributed by atoms with Crippen LogP contribution in [0.2, 0.25) is 0 Å². The summed E-state index contributed by atoms with van der Waals surface area (Å²) in [7, 11) is 4.12. The van der Waals surface area contributed by atoms with Crippen LogP contribution in [0.25, 0.3) is 0 Å². The predicted octanol–water partition coefficient (Wildman–Crippen LogP) is 3.34. The lowest BCUT2D eigenvalue weighted by atomic mass is 10.1. The maximum absolute atomic E-state index is 4.59. The van der Waals surface area contributed by atoms with Gasteiger partial charge in [-0.05, 0) is 49.1 Å². The molecular formula is C17H22N4. The Labute approximate surface area is 126 Å². The standard InChI is InChI=1S/C17H22N4/c1-12-10-15(21(2)3)7-6-14(12)11-19-16-8-9-18-17(20-16)13-4-5-13/h6-10,13H,4-5,11H2,1-3H3,(H,18,19,20). The summed E-state index contributed by atoms with van der Waals surface area (Å²) in [4.78, 5) is 11.1. The Morgan fingerprint density at radius 2 is 2.05 bits per heavy atom. The van der Waals surface area contributed by atoms with Crippen molar-refractivity contribution < 1.29 is 0 Å². The first-order chi connectivity index (χ1) is 10.1. The van der Waals surface area contributed by atoms with Crippen LogP contribution in [-0.2, 0) is 6.54 Å². The quantitative estimate of drug-likeness (QED) is 0.913. The van der Waals surface area contributed by atoms with Crippen LogP contribution in [0, 0.1) is 6.92 Å². The van der Waals surface area contributed by atoms with Crippen LogP contribution in [0.5, 0.6) is 0 Å². The molecule has 0 spiro atoms. The van der Waals surface area contributed by atoms with Crippen molar-refractivity contribution in [1.29, 1.82) is 0 Å². The van der Waals surface area contributed by atoms with Crippen molar-refractivity contribution in [3.8, 4) is 0 Å². The van der Waals surface area contributed by atoms with Crippen LogP contribution in [0.3, 0.4) is 0 Å². The second-order valence-corrected chi connectivity index (χ2v) is 5.93. The Bertz CT molecular complexity index is 632. The number of aromatic nitrogens is 2. The summed E-state index contributed by atoms with van der Waals surface area (Å²) in [6, 6.07) is 8.49. The summed E-state index contributed by atoms with van der Waals surface area (Å²) in [5.41, 5.74) is 3.83. The topological polar surface area (TPSA) is 41.0 Å². The molecule has 1 aromatic carbocycles. The van der Waals surface area contributed by atoms with Gasteiger partial charge in [-0.1, -0.05) is 6.07 Å². The lowest BCUT2D eigenvalue weighted by Gasteiger charge is -2.15. The molecule has 1 aliphatic rings. The van der Waals surface area contributed by atoms with Crippen molar-refractivity contribution in [2.75, 3.05) is 24.3 Å². The number of hydrogen-bond acceptors (Lipinski definition) is 4. The second kappa shape index (κ2) is 5.72. The van der Waals surface area contributed by atoms with E-state index in [1.54, 1.807) is 0 Å². The molecule has 0 amide bonds. The Hall–Kier alpha value is -2.10. The van der Waals surface area contributed by atoms with Gasteiger partial charge in [-0.25, -0.2) is 9.97 Å². The highest BCUT2D eigenvalue weighted by molar-refractivity contribution is 5.50. The predicted molar refractivity (Wildman–Crippen MR) is 86.8 cm³/mol. The molecule has 1 fully saturated rings. The van der Waals surface area contributed by atoms with Gasteiger partial charge >= 0.3 is 0 Å². The third-order valence-electron chi connectivity index (χ3n) is 3.92. The number of nitrogens with zero attached hydrogens (tertiary/aromatic N) is 3. The number of nitrogens with one attached hydrogen (secondary N) is 1. The minimum absolute atomic E-state index is 0.591. The van der Waals surface area contributed by atoms with Gasteiger partial charge in [0.2, 0.25) is 0 Å². The van der Waals surface area contributed by atoms with Gasteiger partial charge in [0.25, 0.3) is 0 Å². The Morgan fingerprint density at radius 3 is 2.71 bits per heavy atom. The number of benzene rings is 1. The molecule has 0 aliphatic heterocycles. The van der Waals surface area contributed by atoms with Gasteiger partial charge in [-0.3, -0.25) is 0 Å². The third-order valence-corrected chi connectivity index (χ3v) is 3.92. The zero-order valence-electron chi connectivity index (χ0n) is 12.9. The number of anilines is 2. The van der Waals surface area contributed by atoms with E-state index in [0.29, 0.717) is 5.92 Å². The summed E-state index contributed by atoms with van der Waals surface area (Å²) in [6.07, 6.45) is 4.31. The average molecular weight is 282 g/mol. The van der Waals surface area contributed by atoms with Crippen molar-refractivity contribution in [2.45, 2.75) is 32.2 Å². The van der Waals surface area contributed by atoms with E-state index in [1.807, 2.05) is 12.3 Å². The maximum Gasteiger partial charge on any atom is 0.133 e. The summed E-state index contributed by atoms with van der Waals surface area (Å²) in [5, 5.41) is 3.41. The summed E-state index contributed by atoms with van der Waals surface area (Å²) < 4.78 is 0. The van der Waals surface area contributed by atoms with Crippen molar-refractivity contribution in [3.05, 3.63) is 47.4 Å². The van der Waals surface area contributed by atoms with E-state index in [9.17, 15) is 0 Å². The largest absolute Gasteiger partial charge is 0.378 e. The van der Waals surface area contributed by atoms with Crippen molar-refractivity contribution in [3.63, 3.8) is 0 Å². The Morgan fingerprint density at radius 1 is 1.24 bits per heavy atom. The van der Waals surface area contributed by atoms with Crippen molar-refractivity contribution in [1.82, 2.24) is 9.97 Å². The van der Waals surface area contributed by atoms with Crippen molar-refractivity contribution >= 4 is 11.5 Å². The molecule has 0 atom stereocenters. The molecule has 21 heavy (non-hydrogen) atoms. The van der Waals surface area contributed by atoms with Gasteiger partial charge in [0.15, 0.2) is 0 Å². The zero-order valence-corrected chi connectivity index (χ0v) is 12.9. The Kier molecular flexibility index (Phi) is 3.78. The molecule has 1 heterocycles. The highest BCUT2D eigenvalue weighted by Crippen LogP contribution is 2.38. The smallest absolute Gasteiger partial charge is 0.133 e. The monoisotopic (exact) mass is 282 g/mol. The van der Waals surface area contributed by atoms with E-state index in [4.69, 9.17) is 0 Å². The van der Waals surface area contributed by atoms with E-state index < -0.39 is 0 Å². The van der Waals surface area contributed by atoms with Gasteiger partial charge in [0, 0.05) is 38.4 Å². The fourth-order valence-electron chi connectivity index (χ4n) is 2.35. The van der Waals surface area contributed by atoms with E-state index >= 15 is 0 Å². The molecule has 4 heteroatoms. The normalized spacial score (nSPS) is 14.0. The molecule has 0 unspecified atom stereocenters. The van der Waals surface area contributed by atoms with Gasteiger partial charge in [-0.2, -0.15) is 0 Å². The average Bonchev–Trinajstić information content (AvgIpc) is 3.31. The molecule has 0 radical (unpaired) electrons. The molecule has 0 saturated heterocycles. The summed E-state index contributed by atoms with van der Waals surface area (Å²) in [5.74, 6) is 2.50. The molecule has 1 N–H and O–H groups in total. The molecule has 3 rings (SSSR count). The minimum atomic E-state index is 0.591. The molecule has 2 aromatic rings. The second-order valence-electron chi connectivity index (χ2n) is 5.93. The first-order valence-electron chi connectivity index (χ1n) is 7.47. The van der Waals surface area contributed by atoms with Crippen LogP contribution < -0.4 is 10.2 Å². The first kappa shape index (κ1) is 13.9. The van der Waals surface area contributed by atoms with Gasteiger partial charge in [0.05, 0.1) is 0 Å². The van der Waals surface area contributed by atoms with Crippen LogP contribution >= 0.6 is 0 Å². The number of aryl methyl sites for hydroxylation is 1. The van der Waals surface area contributed by atoms with Gasteiger partial charge in [-0.15, -0.1) is 0 Å². The van der Waals surface area contributed by atoms with E-state index in [2.05, 4.69) is 59.4 Å². The van der Waals surface area contributed by atoms with Crippen LogP contribution in [0.4, 0.5) is 11.5 Å². The fraction of sp³-hybridized carbons (Fsp3) is 0.412. The lowest BCUT2D eigenvalue weighted by molar-refractivity contribution is 0.920. The molecule has 1 aromatic heterocycles. The summed E-state index contributed by atoms with van der Waals surface area (Å²) in [6.45, 7) is 2.94. The molecule has 1 aliphatic carbocycles. The molecule has 1 saturated carbocycles. The third kappa shape index (κ3) is 3.32. The minimum Gasteiger partial charge on any atom is -0.378 e. The molecular weight excluding hydrogens is 260 g/mol. The number of rotatable bonds is 5. The van der Waals surface area contributed by atoms with Gasteiger partial charge < -0.3 is 10.2 Å². The Balaban J connectivity index is 1.68. The highest BCUT2D eigenvalue weighted by atomic mass is 15.1. The number of hydrogen-bond donors (Lipinski definition) is 1. The van der Waals surface area contributed by atoms with Crippen molar-refractivity contribution in [2.24, 2.45) is 0 Å².